The normalized spacial score (nSPS) is 11.4. The molecule has 5 aromatic heterocycles. The molecule has 1 atom stereocenters. The fraction of sp³-hybridized carbons (Fsp3) is 0.222. The maximum Gasteiger partial charge on any atom is 0.324 e. The number of nitrogens with one attached hydrogen (secondary N) is 6. The van der Waals surface area contributed by atoms with Gasteiger partial charge in [-0.2, -0.15) is 19.5 Å². The molecule has 0 unspecified atom stereocenters. The molecule has 3 amide bonds. The lowest BCUT2D eigenvalue weighted by Crippen LogP contribution is -2.40. The summed E-state index contributed by atoms with van der Waals surface area (Å²) in [5, 5.41) is 31.5. The number of aromatic nitrogens is 7. The zero-order valence-electron chi connectivity index (χ0n) is 36.4. The van der Waals surface area contributed by atoms with Crippen molar-refractivity contribution in [2.75, 3.05) is 47.9 Å². The van der Waals surface area contributed by atoms with Crippen LogP contribution in [0.15, 0.2) is 95.9 Å². The molecule has 0 radical (unpaired) electrons. The molecule has 0 aliphatic carbocycles. The third-order valence-electron chi connectivity index (χ3n) is 10.2. The molecular weight excluding hydrogens is 900 g/mol. The van der Waals surface area contributed by atoms with Crippen molar-refractivity contribution in [3.63, 3.8) is 0 Å². The first-order valence-corrected chi connectivity index (χ1v) is 21.4. The van der Waals surface area contributed by atoms with Crippen molar-refractivity contribution in [1.29, 1.82) is 0 Å². The smallest absolute Gasteiger partial charge is 0.324 e. The molecule has 0 fully saturated rings. The second kappa shape index (κ2) is 22.7. The number of pyridine rings is 2. The maximum absolute atomic E-state index is 13.3. The van der Waals surface area contributed by atoms with Gasteiger partial charge in [-0.3, -0.25) is 39.3 Å². The highest BCUT2D eigenvalue weighted by molar-refractivity contribution is 6.36. The van der Waals surface area contributed by atoms with Crippen molar-refractivity contribution < 1.29 is 38.2 Å². The number of amides is 3. The number of fused-ring (bicyclic) bond motifs is 1. The van der Waals surface area contributed by atoms with Crippen molar-refractivity contribution in [2.45, 2.75) is 38.9 Å². The van der Waals surface area contributed by atoms with E-state index in [4.69, 9.17) is 21.8 Å². The fourth-order valence-corrected chi connectivity index (χ4v) is 6.92. The van der Waals surface area contributed by atoms with Gasteiger partial charge in [0, 0.05) is 62.8 Å². The fourth-order valence-electron chi connectivity index (χ4n) is 6.65. The van der Waals surface area contributed by atoms with Gasteiger partial charge >= 0.3 is 5.97 Å². The first-order valence-electron chi connectivity index (χ1n) is 21.0. The topological polar surface area (TPSA) is 308 Å². The highest BCUT2D eigenvalue weighted by Crippen LogP contribution is 2.37. The Labute approximate surface area is 392 Å². The van der Waals surface area contributed by atoms with Crippen molar-refractivity contribution in [3.8, 4) is 22.7 Å². The zero-order chi connectivity index (χ0) is 48.0. The van der Waals surface area contributed by atoms with Gasteiger partial charge in [-0.15, -0.1) is 5.10 Å². The number of halogens is 1. The van der Waals surface area contributed by atoms with Crippen LogP contribution in [0.5, 0.6) is 0 Å². The number of rotatable bonds is 23. The minimum Gasteiger partial charge on any atom is -0.480 e. The van der Waals surface area contributed by atoms with Crippen LogP contribution in [0.2, 0.25) is 5.02 Å². The van der Waals surface area contributed by atoms with Crippen molar-refractivity contribution in [1.82, 2.24) is 50.5 Å². The van der Waals surface area contributed by atoms with Gasteiger partial charge in [0.2, 0.25) is 23.6 Å². The number of benzene rings is 2. The Morgan fingerprint density at radius 2 is 1.56 bits per heavy atom. The second-order valence-corrected chi connectivity index (χ2v) is 15.3. The number of carbonyl (C=O) groups is 5. The highest BCUT2D eigenvalue weighted by Gasteiger charge is 2.20. The summed E-state index contributed by atoms with van der Waals surface area (Å²) >= 11 is 6.85. The lowest BCUT2D eigenvalue weighted by Gasteiger charge is -2.16. The van der Waals surface area contributed by atoms with Gasteiger partial charge in [-0.05, 0) is 72.0 Å². The highest BCUT2D eigenvalue weighted by atomic mass is 35.5. The Morgan fingerprint density at radius 3 is 2.24 bits per heavy atom. The minimum atomic E-state index is -1.19. The summed E-state index contributed by atoms with van der Waals surface area (Å²) in [4.78, 5) is 82.1. The van der Waals surface area contributed by atoms with Gasteiger partial charge in [0.1, 0.15) is 24.0 Å². The predicted octanol–water partition coefficient (Wildman–Crippen LogP) is 4.10. The van der Waals surface area contributed by atoms with Gasteiger partial charge in [-0.1, -0.05) is 48.0 Å². The number of nitrogens with two attached hydrogens (primary N) is 1. The monoisotopic (exact) mass is 944 g/mol. The van der Waals surface area contributed by atoms with E-state index in [9.17, 15) is 29.1 Å². The Hall–Kier alpha value is -8.34. The molecule has 0 spiro atoms. The average molecular weight is 945 g/mol. The van der Waals surface area contributed by atoms with E-state index in [1.54, 1.807) is 66.9 Å². The van der Waals surface area contributed by atoms with Crippen LogP contribution in [0.4, 0.5) is 23.3 Å². The van der Waals surface area contributed by atoms with Crippen LogP contribution in [-0.2, 0) is 32.2 Å². The second-order valence-electron chi connectivity index (χ2n) is 14.9. The minimum absolute atomic E-state index is 0.0942. The van der Waals surface area contributed by atoms with E-state index in [0.29, 0.717) is 66.7 Å². The third kappa shape index (κ3) is 12.3. The van der Waals surface area contributed by atoms with Crippen LogP contribution in [0.25, 0.3) is 28.5 Å². The van der Waals surface area contributed by atoms with Crippen LogP contribution < -0.4 is 37.6 Å². The number of nitrogens with zero attached hydrogens (tertiary/aromatic N) is 7. The summed E-state index contributed by atoms with van der Waals surface area (Å²) in [5.74, 6) is -0.778. The first kappa shape index (κ1) is 47.6. The standard InChI is InChI=1S/C45H45ClN14O8/c1-26-29(30-7-3-9-32(38(30)46)55-41(64)34-15-13-28(22-52-34)23-53-35(42(65)66)24-67-25-61)6-2-8-31(26)54-40(63)33-14-12-27(21-51-33)20-48-17-18-49-37(62)11-4-16-50-44-57-43(47)60-45(58-44)56-39(59-60)36-10-5-19-68-36/h2-3,5-10,12-15,19,21-22,25,35,48,53H,4,11,16-18,20,23-24H2,1H3,(H,49,62)(H,54,63)(H,55,64)(H,65,66)(H3,47,50,56,57,58,59)/t35-/m0/s1. The van der Waals surface area contributed by atoms with E-state index in [1.165, 1.54) is 23.0 Å². The van der Waals surface area contributed by atoms with Crippen LogP contribution in [0.1, 0.15) is 50.5 Å². The summed E-state index contributed by atoms with van der Waals surface area (Å²) in [6.07, 6.45) is 5.38. The predicted molar refractivity (Wildman–Crippen MR) is 249 cm³/mol. The molecule has 5 heterocycles. The first-order chi connectivity index (χ1) is 33.0. The number of aliphatic carboxylic acids is 1. The van der Waals surface area contributed by atoms with Gasteiger partial charge in [0.05, 0.1) is 17.0 Å². The van der Waals surface area contributed by atoms with Gasteiger partial charge in [0.15, 0.2) is 5.76 Å². The lowest BCUT2D eigenvalue weighted by molar-refractivity contribution is -0.142. The average Bonchev–Trinajstić information content (AvgIpc) is 4.04. The van der Waals surface area contributed by atoms with Crippen LogP contribution >= 0.6 is 11.6 Å². The molecular formula is C45H45ClN14O8. The maximum atomic E-state index is 13.3. The SMILES string of the molecule is Cc1c(NC(=O)c2ccc(CNCCNC(=O)CCCNc3nc(N)n4nc(-c5ccco5)nc4n3)cn2)cccc1-c1cccc(NC(=O)c2ccc(CN[C@@H](COC=O)C(=O)O)cn2)c1Cl. The van der Waals surface area contributed by atoms with Crippen molar-refractivity contribution in [3.05, 3.63) is 125 Å². The molecule has 9 N–H and O–H groups in total. The largest absolute Gasteiger partial charge is 0.480 e. The molecule has 0 bridgehead atoms. The zero-order valence-corrected chi connectivity index (χ0v) is 37.1. The van der Waals surface area contributed by atoms with E-state index in [0.717, 1.165) is 16.7 Å². The van der Waals surface area contributed by atoms with E-state index in [-0.39, 0.29) is 66.0 Å². The van der Waals surface area contributed by atoms with Crippen molar-refractivity contribution >= 4 is 70.8 Å². The van der Waals surface area contributed by atoms with Crippen molar-refractivity contribution in [2.24, 2.45) is 0 Å². The number of nitrogen functional groups attached to an aromatic ring is 1. The molecule has 0 saturated heterocycles. The number of carboxylic acids is 1. The Bertz CT molecular complexity index is 2900. The molecule has 0 aliphatic rings. The molecule has 7 aromatic rings. The number of furan rings is 1. The Balaban J connectivity index is 0.830. The summed E-state index contributed by atoms with van der Waals surface area (Å²) in [6.45, 7) is 3.61. The van der Waals surface area contributed by atoms with E-state index in [1.807, 2.05) is 13.0 Å². The summed E-state index contributed by atoms with van der Waals surface area (Å²) in [5.41, 5.74) is 10.7. The molecule has 23 heteroatoms. The van der Waals surface area contributed by atoms with E-state index < -0.39 is 23.8 Å². The summed E-state index contributed by atoms with van der Waals surface area (Å²) in [7, 11) is 0. The quantitative estimate of drug-likeness (QED) is 0.0331. The van der Waals surface area contributed by atoms with Gasteiger partial charge in [-0.25, -0.2) is 0 Å². The number of anilines is 4. The number of carboxylic acid groups (broad SMARTS) is 1. The Kier molecular flexibility index (Phi) is 15.9. The number of ether oxygens (including phenoxy) is 1. The molecule has 0 saturated carbocycles. The molecule has 350 valence electrons. The van der Waals surface area contributed by atoms with Crippen LogP contribution in [0, 0.1) is 6.92 Å². The number of hydrogen-bond acceptors (Lipinski definition) is 17. The molecule has 22 nitrogen and oxygen atoms in total. The Morgan fingerprint density at radius 1 is 0.853 bits per heavy atom. The van der Waals surface area contributed by atoms with Gasteiger partial charge < -0.3 is 46.6 Å². The number of carbonyl (C=O) groups excluding carboxylic acids is 4. The molecule has 2 aromatic carbocycles. The van der Waals surface area contributed by atoms with Gasteiger partial charge in [0.25, 0.3) is 24.1 Å². The molecule has 68 heavy (non-hydrogen) atoms. The van der Waals surface area contributed by atoms with E-state index >= 15 is 0 Å². The van der Waals surface area contributed by atoms with E-state index in [2.05, 4.69) is 66.7 Å². The van der Waals surface area contributed by atoms with Crippen LogP contribution in [0.3, 0.4) is 0 Å². The molecule has 0 aliphatic heterocycles. The lowest BCUT2D eigenvalue weighted by atomic mass is 9.98. The van der Waals surface area contributed by atoms with Crippen LogP contribution in [-0.4, -0.2) is 102 Å². The summed E-state index contributed by atoms with van der Waals surface area (Å²) in [6, 6.07) is 19.5. The third-order valence-corrected chi connectivity index (χ3v) is 10.6. The number of hydrogen-bond donors (Lipinski definition) is 8. The molecule has 7 rings (SSSR count). The summed E-state index contributed by atoms with van der Waals surface area (Å²) < 4.78 is 11.2.